The number of primary amides is 1. The molecule has 0 bridgehead atoms. The van der Waals surface area contributed by atoms with E-state index in [2.05, 4.69) is 11.8 Å². The van der Waals surface area contributed by atoms with E-state index in [1.54, 1.807) is 0 Å². The molecule has 3 rings (SSSR count). The van der Waals surface area contributed by atoms with Gasteiger partial charge in [-0.2, -0.15) is 13.2 Å². The summed E-state index contributed by atoms with van der Waals surface area (Å²) in [6.45, 7) is 0.782. The van der Waals surface area contributed by atoms with Crippen LogP contribution in [0.1, 0.15) is 29.5 Å². The van der Waals surface area contributed by atoms with E-state index < -0.39 is 11.7 Å². The molecule has 0 radical (unpaired) electrons. The number of benzene rings is 2. The largest absolute Gasteiger partial charge is 0.416 e. The Labute approximate surface area is 149 Å². The molecule has 0 aromatic heterocycles. The molecule has 2 aromatic rings. The lowest BCUT2D eigenvalue weighted by molar-refractivity contribution is -0.137. The molecule has 0 unspecified atom stereocenters. The van der Waals surface area contributed by atoms with Crippen molar-refractivity contribution in [2.24, 2.45) is 5.73 Å². The summed E-state index contributed by atoms with van der Waals surface area (Å²) >= 11 is 0. The summed E-state index contributed by atoms with van der Waals surface area (Å²) in [6, 6.07) is 11.9. The molecule has 1 aliphatic heterocycles. The summed E-state index contributed by atoms with van der Waals surface area (Å²) in [4.78, 5) is 13.5. The van der Waals surface area contributed by atoms with Gasteiger partial charge in [-0.15, -0.1) is 0 Å². The van der Waals surface area contributed by atoms with Crippen molar-refractivity contribution in [3.63, 3.8) is 0 Å². The zero-order chi connectivity index (χ0) is 18.7. The second-order valence-corrected chi connectivity index (χ2v) is 6.13. The van der Waals surface area contributed by atoms with E-state index in [1.165, 1.54) is 12.1 Å². The molecule has 2 N–H and O–H groups in total. The van der Waals surface area contributed by atoms with Gasteiger partial charge < -0.3 is 10.6 Å². The van der Waals surface area contributed by atoms with Crippen molar-refractivity contribution in [1.82, 2.24) is 0 Å². The van der Waals surface area contributed by atoms with Crippen LogP contribution < -0.4 is 10.6 Å². The predicted octanol–water partition coefficient (Wildman–Crippen LogP) is 3.56. The van der Waals surface area contributed by atoms with Crippen LogP contribution in [0, 0.1) is 11.8 Å². The maximum atomic E-state index is 12.5. The summed E-state index contributed by atoms with van der Waals surface area (Å²) < 4.78 is 37.6. The Morgan fingerprint density at radius 3 is 2.04 bits per heavy atom. The Balaban J connectivity index is 1.72. The van der Waals surface area contributed by atoms with Crippen molar-refractivity contribution in [3.05, 3.63) is 65.2 Å². The van der Waals surface area contributed by atoms with Crippen molar-refractivity contribution in [2.45, 2.75) is 25.1 Å². The average molecular weight is 358 g/mol. The third-order valence-electron chi connectivity index (χ3n) is 4.34. The van der Waals surface area contributed by atoms with Crippen molar-refractivity contribution >= 4 is 11.6 Å². The first-order valence-corrected chi connectivity index (χ1v) is 8.20. The number of alkyl halides is 3. The standard InChI is InChI=1S/C20H17F3N2O/c21-20(22,23)16-9-5-14(6-10-16)3-4-15-7-11-17(12-8-15)25-13-1-2-18(25)19(24)26/h5-12,18H,1-2,13H2,(H2,24,26)/t18-/m1/s1. The number of carbonyl (C=O) groups excluding carboxylic acids is 1. The molecule has 1 amide bonds. The van der Waals surface area contributed by atoms with Gasteiger partial charge in [0, 0.05) is 23.4 Å². The number of rotatable bonds is 2. The minimum Gasteiger partial charge on any atom is -0.368 e. The molecule has 1 aliphatic rings. The minimum absolute atomic E-state index is 0.279. The highest BCUT2D eigenvalue weighted by Gasteiger charge is 2.30. The molecule has 2 aromatic carbocycles. The number of nitrogens with zero attached hydrogens (tertiary/aromatic N) is 1. The normalized spacial score (nSPS) is 16.9. The number of amides is 1. The van der Waals surface area contributed by atoms with Crippen molar-refractivity contribution in [2.75, 3.05) is 11.4 Å². The second-order valence-electron chi connectivity index (χ2n) is 6.13. The molecular weight excluding hydrogens is 341 g/mol. The molecule has 0 spiro atoms. The Bertz CT molecular complexity index is 846. The minimum atomic E-state index is -4.35. The van der Waals surface area contributed by atoms with Gasteiger partial charge in [0.1, 0.15) is 6.04 Å². The SMILES string of the molecule is NC(=O)[C@H]1CCCN1c1ccc(C#Cc2ccc(C(F)(F)F)cc2)cc1. The molecule has 0 saturated carbocycles. The molecular formula is C20H17F3N2O. The summed E-state index contributed by atoms with van der Waals surface area (Å²) in [6.07, 6.45) is -2.67. The fraction of sp³-hybridized carbons (Fsp3) is 0.250. The first-order chi connectivity index (χ1) is 12.3. The van der Waals surface area contributed by atoms with Crippen LogP contribution >= 0.6 is 0 Å². The highest BCUT2D eigenvalue weighted by molar-refractivity contribution is 5.84. The van der Waals surface area contributed by atoms with E-state index in [1.807, 2.05) is 29.2 Å². The molecule has 1 fully saturated rings. The molecule has 1 atom stereocenters. The molecule has 0 aliphatic carbocycles. The molecule has 134 valence electrons. The van der Waals surface area contributed by atoms with Crippen LogP contribution in [-0.2, 0) is 11.0 Å². The van der Waals surface area contributed by atoms with Crippen LogP contribution in [0.4, 0.5) is 18.9 Å². The highest BCUT2D eigenvalue weighted by atomic mass is 19.4. The number of hydrogen-bond donors (Lipinski definition) is 1. The van der Waals surface area contributed by atoms with Gasteiger partial charge in [-0.1, -0.05) is 11.8 Å². The lowest BCUT2D eigenvalue weighted by Crippen LogP contribution is -2.40. The lowest BCUT2D eigenvalue weighted by Gasteiger charge is -2.24. The molecule has 1 heterocycles. The maximum absolute atomic E-state index is 12.5. The van der Waals surface area contributed by atoms with E-state index in [-0.39, 0.29) is 11.9 Å². The van der Waals surface area contributed by atoms with Gasteiger partial charge in [-0.05, 0) is 61.4 Å². The van der Waals surface area contributed by atoms with E-state index in [4.69, 9.17) is 5.73 Å². The van der Waals surface area contributed by atoms with Gasteiger partial charge in [0.2, 0.25) is 5.91 Å². The third-order valence-corrected chi connectivity index (χ3v) is 4.34. The molecule has 3 nitrogen and oxygen atoms in total. The van der Waals surface area contributed by atoms with Gasteiger partial charge in [0.05, 0.1) is 5.56 Å². The van der Waals surface area contributed by atoms with Crippen LogP contribution in [0.5, 0.6) is 0 Å². The quantitative estimate of drug-likeness (QED) is 0.835. The number of carbonyl (C=O) groups is 1. The van der Waals surface area contributed by atoms with Gasteiger partial charge in [-0.25, -0.2) is 0 Å². The van der Waals surface area contributed by atoms with Gasteiger partial charge in [0.15, 0.2) is 0 Å². The smallest absolute Gasteiger partial charge is 0.368 e. The monoisotopic (exact) mass is 358 g/mol. The summed E-state index contributed by atoms with van der Waals surface area (Å²) in [5, 5.41) is 0. The van der Waals surface area contributed by atoms with Gasteiger partial charge in [0.25, 0.3) is 0 Å². The summed E-state index contributed by atoms with van der Waals surface area (Å²) in [7, 11) is 0. The van der Waals surface area contributed by atoms with Crippen LogP contribution in [-0.4, -0.2) is 18.5 Å². The number of halogens is 3. The first kappa shape index (κ1) is 17.9. The van der Waals surface area contributed by atoms with Crippen molar-refractivity contribution in [3.8, 4) is 11.8 Å². The summed E-state index contributed by atoms with van der Waals surface area (Å²) in [5.74, 6) is 5.45. The average Bonchev–Trinajstić information content (AvgIpc) is 3.10. The Hall–Kier alpha value is -2.94. The molecule has 1 saturated heterocycles. The Morgan fingerprint density at radius 2 is 1.54 bits per heavy atom. The highest BCUT2D eigenvalue weighted by Crippen LogP contribution is 2.29. The van der Waals surface area contributed by atoms with Crippen LogP contribution in [0.25, 0.3) is 0 Å². The first-order valence-electron chi connectivity index (χ1n) is 8.20. The van der Waals surface area contributed by atoms with Crippen LogP contribution in [0.15, 0.2) is 48.5 Å². The van der Waals surface area contributed by atoms with E-state index >= 15 is 0 Å². The fourth-order valence-electron chi connectivity index (χ4n) is 2.99. The summed E-state index contributed by atoms with van der Waals surface area (Å²) in [5.41, 5.74) is 6.90. The topological polar surface area (TPSA) is 46.3 Å². The second kappa shape index (κ2) is 7.12. The Morgan fingerprint density at radius 1 is 1.00 bits per heavy atom. The van der Waals surface area contributed by atoms with Gasteiger partial charge >= 0.3 is 6.18 Å². The van der Waals surface area contributed by atoms with Gasteiger partial charge in [-0.3, -0.25) is 4.79 Å². The van der Waals surface area contributed by atoms with Crippen LogP contribution in [0.2, 0.25) is 0 Å². The zero-order valence-corrected chi connectivity index (χ0v) is 13.9. The number of hydrogen-bond acceptors (Lipinski definition) is 2. The number of nitrogens with two attached hydrogens (primary N) is 1. The Kier molecular flexibility index (Phi) is 4.90. The molecule has 6 heteroatoms. The third kappa shape index (κ3) is 3.99. The number of anilines is 1. The lowest BCUT2D eigenvalue weighted by atomic mass is 10.1. The van der Waals surface area contributed by atoms with Crippen LogP contribution in [0.3, 0.4) is 0 Å². The van der Waals surface area contributed by atoms with E-state index in [0.717, 1.165) is 42.8 Å². The fourth-order valence-corrected chi connectivity index (χ4v) is 2.99. The zero-order valence-electron chi connectivity index (χ0n) is 13.9. The predicted molar refractivity (Wildman–Crippen MR) is 93.4 cm³/mol. The maximum Gasteiger partial charge on any atom is 0.416 e. The van der Waals surface area contributed by atoms with Crippen molar-refractivity contribution in [1.29, 1.82) is 0 Å². The van der Waals surface area contributed by atoms with E-state index in [0.29, 0.717) is 5.56 Å². The molecule has 26 heavy (non-hydrogen) atoms. The van der Waals surface area contributed by atoms with Crippen molar-refractivity contribution < 1.29 is 18.0 Å². The van der Waals surface area contributed by atoms with E-state index in [9.17, 15) is 18.0 Å².